The van der Waals surface area contributed by atoms with Gasteiger partial charge in [0, 0.05) is 6.04 Å². The third-order valence-corrected chi connectivity index (χ3v) is 2.44. The lowest BCUT2D eigenvalue weighted by molar-refractivity contribution is 0.467. The lowest BCUT2D eigenvalue weighted by Gasteiger charge is -2.13. The van der Waals surface area contributed by atoms with E-state index in [1.807, 2.05) is 6.08 Å². The summed E-state index contributed by atoms with van der Waals surface area (Å²) in [6, 6.07) is 0.737. The van der Waals surface area contributed by atoms with Crippen molar-refractivity contribution in [2.45, 2.75) is 38.1 Å². The van der Waals surface area contributed by atoms with Crippen LogP contribution >= 0.6 is 0 Å². The van der Waals surface area contributed by atoms with Crippen molar-refractivity contribution in [2.24, 2.45) is 5.92 Å². The SMILES string of the molecule is C=CCCC(CC1CC1)NC. The third-order valence-electron chi connectivity index (χ3n) is 2.44. The molecular formula is C10H19N. The zero-order valence-corrected chi connectivity index (χ0v) is 7.47. The molecule has 0 aromatic carbocycles. The van der Waals surface area contributed by atoms with Gasteiger partial charge in [0.2, 0.25) is 0 Å². The smallest absolute Gasteiger partial charge is 0.00696 e. The highest BCUT2D eigenvalue weighted by atomic mass is 14.9. The lowest BCUT2D eigenvalue weighted by Crippen LogP contribution is -2.25. The maximum Gasteiger partial charge on any atom is 0.00696 e. The molecule has 1 rings (SSSR count). The molecule has 0 heterocycles. The first kappa shape index (κ1) is 8.79. The Balaban J connectivity index is 2.07. The van der Waals surface area contributed by atoms with Crippen molar-refractivity contribution >= 4 is 0 Å². The summed E-state index contributed by atoms with van der Waals surface area (Å²) in [5, 5.41) is 3.36. The molecule has 1 N–H and O–H groups in total. The molecule has 0 amide bonds. The van der Waals surface area contributed by atoms with Crippen LogP contribution in [0.2, 0.25) is 0 Å². The number of nitrogens with one attached hydrogen (secondary N) is 1. The minimum absolute atomic E-state index is 0.737. The van der Waals surface area contributed by atoms with E-state index in [9.17, 15) is 0 Å². The zero-order chi connectivity index (χ0) is 8.10. The fourth-order valence-electron chi connectivity index (χ4n) is 1.45. The van der Waals surface area contributed by atoms with Crippen LogP contribution < -0.4 is 5.32 Å². The van der Waals surface area contributed by atoms with E-state index in [0.717, 1.165) is 18.4 Å². The normalized spacial score (nSPS) is 19.7. The number of hydrogen-bond acceptors (Lipinski definition) is 1. The molecule has 0 radical (unpaired) electrons. The molecule has 11 heavy (non-hydrogen) atoms. The maximum atomic E-state index is 3.73. The summed E-state index contributed by atoms with van der Waals surface area (Å²) in [5.41, 5.74) is 0. The molecule has 1 unspecified atom stereocenters. The molecule has 1 atom stereocenters. The van der Waals surface area contributed by atoms with Crippen LogP contribution in [0, 0.1) is 5.92 Å². The van der Waals surface area contributed by atoms with Crippen molar-refractivity contribution in [1.82, 2.24) is 5.32 Å². The lowest BCUT2D eigenvalue weighted by atomic mass is 10.1. The standard InChI is InChI=1S/C10H19N/c1-3-4-5-10(11-2)8-9-6-7-9/h3,9-11H,1,4-8H2,2H3. The van der Waals surface area contributed by atoms with Crippen molar-refractivity contribution in [3.63, 3.8) is 0 Å². The first-order valence-corrected chi connectivity index (χ1v) is 4.65. The van der Waals surface area contributed by atoms with Gasteiger partial charge in [-0.3, -0.25) is 0 Å². The van der Waals surface area contributed by atoms with Crippen molar-refractivity contribution in [1.29, 1.82) is 0 Å². The van der Waals surface area contributed by atoms with Crippen LogP contribution in [0.1, 0.15) is 32.1 Å². The third kappa shape index (κ3) is 3.57. The van der Waals surface area contributed by atoms with Crippen LogP contribution in [-0.2, 0) is 0 Å². The zero-order valence-electron chi connectivity index (χ0n) is 7.47. The van der Waals surface area contributed by atoms with E-state index in [0.29, 0.717) is 0 Å². The minimum Gasteiger partial charge on any atom is -0.317 e. The van der Waals surface area contributed by atoms with Crippen LogP contribution in [0.4, 0.5) is 0 Å². The molecular weight excluding hydrogens is 134 g/mol. The second-order valence-corrected chi connectivity index (χ2v) is 3.53. The molecule has 1 aliphatic carbocycles. The Hall–Kier alpha value is -0.300. The Morgan fingerprint density at radius 2 is 2.36 bits per heavy atom. The van der Waals surface area contributed by atoms with Gasteiger partial charge in [0.1, 0.15) is 0 Å². The maximum absolute atomic E-state index is 3.73. The fraction of sp³-hybridized carbons (Fsp3) is 0.800. The monoisotopic (exact) mass is 153 g/mol. The summed E-state index contributed by atoms with van der Waals surface area (Å²) >= 11 is 0. The van der Waals surface area contributed by atoms with Gasteiger partial charge in [-0.1, -0.05) is 18.9 Å². The number of rotatable bonds is 6. The van der Waals surface area contributed by atoms with Crippen molar-refractivity contribution < 1.29 is 0 Å². The molecule has 1 heteroatoms. The molecule has 1 aliphatic rings. The Kier molecular flexibility index (Phi) is 3.64. The summed E-state index contributed by atoms with van der Waals surface area (Å²) in [4.78, 5) is 0. The second kappa shape index (κ2) is 4.55. The number of hydrogen-bond donors (Lipinski definition) is 1. The van der Waals surface area contributed by atoms with Crippen LogP contribution in [-0.4, -0.2) is 13.1 Å². The molecule has 64 valence electrons. The van der Waals surface area contributed by atoms with E-state index in [1.165, 1.54) is 25.7 Å². The summed E-state index contributed by atoms with van der Waals surface area (Å²) in [6.07, 6.45) is 8.73. The van der Waals surface area contributed by atoms with Crippen molar-refractivity contribution in [3.8, 4) is 0 Å². The van der Waals surface area contributed by atoms with Gasteiger partial charge < -0.3 is 5.32 Å². The van der Waals surface area contributed by atoms with E-state index >= 15 is 0 Å². The van der Waals surface area contributed by atoms with Gasteiger partial charge in [0.15, 0.2) is 0 Å². The predicted octanol–water partition coefficient (Wildman–Crippen LogP) is 2.34. The van der Waals surface area contributed by atoms with Crippen LogP contribution in [0.3, 0.4) is 0 Å². The molecule has 0 aliphatic heterocycles. The van der Waals surface area contributed by atoms with Crippen LogP contribution in [0.5, 0.6) is 0 Å². The predicted molar refractivity (Wildman–Crippen MR) is 49.6 cm³/mol. The molecule has 1 nitrogen and oxygen atoms in total. The molecule has 0 saturated heterocycles. The summed E-state index contributed by atoms with van der Waals surface area (Å²) in [7, 11) is 2.07. The van der Waals surface area contributed by atoms with Crippen molar-refractivity contribution in [3.05, 3.63) is 12.7 Å². The topological polar surface area (TPSA) is 12.0 Å². The fourth-order valence-corrected chi connectivity index (χ4v) is 1.45. The molecule has 0 aromatic rings. The van der Waals surface area contributed by atoms with Gasteiger partial charge in [0.05, 0.1) is 0 Å². The Labute approximate surface area is 69.9 Å². The average molecular weight is 153 g/mol. The first-order valence-electron chi connectivity index (χ1n) is 4.65. The summed E-state index contributed by atoms with van der Waals surface area (Å²) in [6.45, 7) is 3.73. The average Bonchev–Trinajstić information content (AvgIpc) is 2.81. The highest BCUT2D eigenvalue weighted by molar-refractivity contribution is 4.81. The first-order chi connectivity index (χ1) is 5.36. The van der Waals surface area contributed by atoms with E-state index < -0.39 is 0 Å². The highest BCUT2D eigenvalue weighted by Crippen LogP contribution is 2.34. The second-order valence-electron chi connectivity index (χ2n) is 3.53. The van der Waals surface area contributed by atoms with Gasteiger partial charge in [-0.25, -0.2) is 0 Å². The Morgan fingerprint density at radius 1 is 1.64 bits per heavy atom. The molecule has 0 bridgehead atoms. The molecule has 0 aromatic heterocycles. The quantitative estimate of drug-likeness (QED) is 0.577. The number of allylic oxidation sites excluding steroid dienone is 1. The van der Waals surface area contributed by atoms with Gasteiger partial charge in [-0.2, -0.15) is 0 Å². The van der Waals surface area contributed by atoms with Gasteiger partial charge >= 0.3 is 0 Å². The summed E-state index contributed by atoms with van der Waals surface area (Å²) in [5.74, 6) is 1.04. The summed E-state index contributed by atoms with van der Waals surface area (Å²) < 4.78 is 0. The minimum atomic E-state index is 0.737. The Morgan fingerprint density at radius 3 is 2.82 bits per heavy atom. The molecule has 1 fully saturated rings. The van der Waals surface area contributed by atoms with Crippen LogP contribution in [0.25, 0.3) is 0 Å². The van der Waals surface area contributed by atoms with E-state index in [4.69, 9.17) is 0 Å². The largest absolute Gasteiger partial charge is 0.317 e. The van der Waals surface area contributed by atoms with Gasteiger partial charge in [-0.05, 0) is 32.2 Å². The molecule has 1 saturated carbocycles. The van der Waals surface area contributed by atoms with Gasteiger partial charge in [-0.15, -0.1) is 6.58 Å². The van der Waals surface area contributed by atoms with Crippen LogP contribution in [0.15, 0.2) is 12.7 Å². The van der Waals surface area contributed by atoms with E-state index in [2.05, 4.69) is 18.9 Å². The van der Waals surface area contributed by atoms with Crippen molar-refractivity contribution in [2.75, 3.05) is 7.05 Å². The Bertz CT molecular complexity index is 116. The highest BCUT2D eigenvalue weighted by Gasteiger charge is 2.24. The van der Waals surface area contributed by atoms with E-state index in [1.54, 1.807) is 0 Å². The van der Waals surface area contributed by atoms with E-state index in [-0.39, 0.29) is 0 Å². The molecule has 0 spiro atoms. The van der Waals surface area contributed by atoms with Gasteiger partial charge in [0.25, 0.3) is 0 Å².